The molecule has 0 fully saturated rings. The summed E-state index contributed by atoms with van der Waals surface area (Å²) < 4.78 is 2.19. The first kappa shape index (κ1) is 20.3. The minimum Gasteiger partial charge on any atom is -0.316 e. The van der Waals surface area contributed by atoms with Gasteiger partial charge in [-0.3, -0.25) is 4.79 Å². The standard InChI is InChI=1S/C24H28N2OS/c1-6-10-21-22(19-14-13-16(3)18(5)15-19)26(7-2)24(28-21)25-23(27)20-12-9-8-11-17(20)4/h8-9,11-15H,6-7,10H2,1-5H3. The summed E-state index contributed by atoms with van der Waals surface area (Å²) in [4.78, 5) is 19.5. The van der Waals surface area contributed by atoms with Gasteiger partial charge in [0.1, 0.15) is 0 Å². The van der Waals surface area contributed by atoms with E-state index in [1.165, 1.54) is 27.3 Å². The van der Waals surface area contributed by atoms with Gasteiger partial charge in [-0.15, -0.1) is 11.3 Å². The lowest BCUT2D eigenvalue weighted by atomic mass is 10.0. The van der Waals surface area contributed by atoms with Crippen LogP contribution >= 0.6 is 11.3 Å². The lowest BCUT2D eigenvalue weighted by molar-refractivity contribution is 0.0997. The fourth-order valence-corrected chi connectivity index (χ4v) is 4.71. The van der Waals surface area contributed by atoms with E-state index in [0.29, 0.717) is 5.56 Å². The lowest BCUT2D eigenvalue weighted by Gasteiger charge is -2.11. The third-order valence-electron chi connectivity index (χ3n) is 5.13. The number of hydrogen-bond acceptors (Lipinski definition) is 2. The molecule has 28 heavy (non-hydrogen) atoms. The largest absolute Gasteiger partial charge is 0.316 e. The van der Waals surface area contributed by atoms with Gasteiger partial charge in [0, 0.05) is 17.0 Å². The molecule has 146 valence electrons. The third-order valence-corrected chi connectivity index (χ3v) is 6.26. The number of carbonyl (C=O) groups is 1. The second-order valence-electron chi connectivity index (χ2n) is 7.18. The Morgan fingerprint density at radius 3 is 2.39 bits per heavy atom. The van der Waals surface area contributed by atoms with E-state index < -0.39 is 0 Å². The van der Waals surface area contributed by atoms with Gasteiger partial charge < -0.3 is 4.57 Å². The third kappa shape index (κ3) is 4.02. The van der Waals surface area contributed by atoms with Crippen molar-refractivity contribution in [3.8, 4) is 11.3 Å². The van der Waals surface area contributed by atoms with Crippen LogP contribution in [0.5, 0.6) is 0 Å². The van der Waals surface area contributed by atoms with Gasteiger partial charge in [-0.05, 0) is 68.5 Å². The number of amides is 1. The molecule has 1 aromatic heterocycles. The Morgan fingerprint density at radius 1 is 1.00 bits per heavy atom. The normalized spacial score (nSPS) is 11.8. The molecule has 0 unspecified atom stereocenters. The number of aromatic nitrogens is 1. The number of hydrogen-bond donors (Lipinski definition) is 0. The molecule has 0 saturated heterocycles. The highest BCUT2D eigenvalue weighted by molar-refractivity contribution is 7.09. The molecule has 0 spiro atoms. The van der Waals surface area contributed by atoms with Crippen molar-refractivity contribution in [2.75, 3.05) is 0 Å². The molecule has 0 bridgehead atoms. The summed E-state index contributed by atoms with van der Waals surface area (Å²) in [6.45, 7) is 11.3. The molecular weight excluding hydrogens is 364 g/mol. The van der Waals surface area contributed by atoms with Crippen LogP contribution in [-0.4, -0.2) is 10.5 Å². The molecule has 0 atom stereocenters. The molecule has 1 amide bonds. The first-order valence-electron chi connectivity index (χ1n) is 9.91. The van der Waals surface area contributed by atoms with Gasteiger partial charge in [0.05, 0.1) is 5.69 Å². The zero-order valence-electron chi connectivity index (χ0n) is 17.4. The molecule has 0 aliphatic rings. The van der Waals surface area contributed by atoms with Crippen molar-refractivity contribution in [2.24, 2.45) is 4.99 Å². The van der Waals surface area contributed by atoms with Crippen LogP contribution in [0.2, 0.25) is 0 Å². The Bertz CT molecular complexity index is 1070. The van der Waals surface area contributed by atoms with Crippen LogP contribution in [0, 0.1) is 20.8 Å². The Labute approximate surface area is 171 Å². The van der Waals surface area contributed by atoms with Crippen molar-refractivity contribution in [2.45, 2.75) is 54.0 Å². The Balaban J connectivity index is 2.19. The molecule has 0 aliphatic carbocycles. The molecule has 1 heterocycles. The second-order valence-corrected chi connectivity index (χ2v) is 8.24. The van der Waals surface area contributed by atoms with Crippen molar-refractivity contribution in [3.05, 3.63) is 74.4 Å². The summed E-state index contributed by atoms with van der Waals surface area (Å²) in [5, 5.41) is 0. The van der Waals surface area contributed by atoms with Crippen molar-refractivity contribution in [1.29, 1.82) is 0 Å². The van der Waals surface area contributed by atoms with E-state index >= 15 is 0 Å². The Kier molecular flexibility index (Phi) is 6.30. The minimum absolute atomic E-state index is 0.170. The van der Waals surface area contributed by atoms with Crippen molar-refractivity contribution >= 4 is 17.2 Å². The van der Waals surface area contributed by atoms with Crippen molar-refractivity contribution in [3.63, 3.8) is 0 Å². The van der Waals surface area contributed by atoms with Crippen LogP contribution in [0.25, 0.3) is 11.3 Å². The fourth-order valence-electron chi connectivity index (χ4n) is 3.40. The molecule has 2 aromatic carbocycles. The van der Waals surface area contributed by atoms with Crippen molar-refractivity contribution in [1.82, 2.24) is 4.57 Å². The molecule has 0 aliphatic heterocycles. The SMILES string of the molecule is CCCc1sc(=NC(=O)c2ccccc2C)n(CC)c1-c1ccc(C)c(C)c1. The second kappa shape index (κ2) is 8.70. The highest BCUT2D eigenvalue weighted by Crippen LogP contribution is 2.29. The van der Waals surface area contributed by atoms with Crippen molar-refractivity contribution < 1.29 is 4.79 Å². The average Bonchev–Trinajstić information content (AvgIpc) is 3.01. The molecule has 0 radical (unpaired) electrons. The number of benzene rings is 2. The summed E-state index contributed by atoms with van der Waals surface area (Å²) in [7, 11) is 0. The maximum absolute atomic E-state index is 12.8. The Hall–Kier alpha value is -2.46. The molecule has 4 heteroatoms. The highest BCUT2D eigenvalue weighted by atomic mass is 32.1. The molecule has 0 N–H and O–H groups in total. The number of carbonyl (C=O) groups excluding carboxylic acids is 1. The summed E-state index contributed by atoms with van der Waals surface area (Å²) >= 11 is 1.64. The minimum atomic E-state index is -0.170. The summed E-state index contributed by atoms with van der Waals surface area (Å²) in [6, 6.07) is 14.2. The van der Waals surface area contributed by atoms with E-state index in [1.807, 2.05) is 31.2 Å². The van der Waals surface area contributed by atoms with Gasteiger partial charge in [0.25, 0.3) is 5.91 Å². The molecular formula is C24H28N2OS. The van der Waals surface area contributed by atoms with E-state index in [2.05, 4.69) is 55.5 Å². The van der Waals surface area contributed by atoms with E-state index in [4.69, 9.17) is 0 Å². The molecule has 3 nitrogen and oxygen atoms in total. The summed E-state index contributed by atoms with van der Waals surface area (Å²) in [5.74, 6) is -0.170. The topological polar surface area (TPSA) is 34.4 Å². The molecule has 3 aromatic rings. The predicted molar refractivity (Wildman–Crippen MR) is 118 cm³/mol. The average molecular weight is 393 g/mol. The predicted octanol–water partition coefficient (Wildman–Crippen LogP) is 5.86. The first-order chi connectivity index (χ1) is 13.5. The summed E-state index contributed by atoms with van der Waals surface area (Å²) in [6.07, 6.45) is 2.05. The lowest BCUT2D eigenvalue weighted by Crippen LogP contribution is -2.17. The highest BCUT2D eigenvalue weighted by Gasteiger charge is 2.16. The number of rotatable bonds is 5. The maximum Gasteiger partial charge on any atom is 0.279 e. The van der Waals surface area contributed by atoms with Gasteiger partial charge in [-0.2, -0.15) is 4.99 Å². The smallest absolute Gasteiger partial charge is 0.279 e. The van der Waals surface area contributed by atoms with Crippen LogP contribution < -0.4 is 4.80 Å². The van der Waals surface area contributed by atoms with E-state index in [1.54, 1.807) is 11.3 Å². The zero-order valence-corrected chi connectivity index (χ0v) is 18.2. The fraction of sp³-hybridized carbons (Fsp3) is 0.333. The van der Waals surface area contributed by atoms with Gasteiger partial charge >= 0.3 is 0 Å². The summed E-state index contributed by atoms with van der Waals surface area (Å²) in [5.41, 5.74) is 6.60. The number of aryl methyl sites for hydroxylation is 4. The Morgan fingerprint density at radius 2 is 1.75 bits per heavy atom. The van der Waals surface area contributed by atoms with Crippen LogP contribution in [-0.2, 0) is 13.0 Å². The number of thiazole rings is 1. The zero-order chi connectivity index (χ0) is 20.3. The van der Waals surface area contributed by atoms with E-state index in [-0.39, 0.29) is 5.91 Å². The quantitative estimate of drug-likeness (QED) is 0.536. The van der Waals surface area contributed by atoms with Gasteiger partial charge in [-0.25, -0.2) is 0 Å². The maximum atomic E-state index is 12.8. The van der Waals surface area contributed by atoms with E-state index in [9.17, 15) is 4.79 Å². The van der Waals surface area contributed by atoms with Crippen LogP contribution in [0.15, 0.2) is 47.5 Å². The monoisotopic (exact) mass is 392 g/mol. The van der Waals surface area contributed by atoms with Crippen LogP contribution in [0.3, 0.4) is 0 Å². The van der Waals surface area contributed by atoms with Gasteiger partial charge in [0.2, 0.25) is 0 Å². The van der Waals surface area contributed by atoms with E-state index in [0.717, 1.165) is 29.8 Å². The van der Waals surface area contributed by atoms with Gasteiger partial charge in [-0.1, -0.05) is 43.7 Å². The molecule has 3 rings (SSSR count). The first-order valence-corrected chi connectivity index (χ1v) is 10.7. The molecule has 0 saturated carbocycles. The van der Waals surface area contributed by atoms with Crippen LogP contribution in [0.4, 0.5) is 0 Å². The van der Waals surface area contributed by atoms with Gasteiger partial charge in [0.15, 0.2) is 4.80 Å². The van der Waals surface area contributed by atoms with Crippen LogP contribution in [0.1, 0.15) is 52.2 Å². The number of nitrogens with zero attached hydrogens (tertiary/aromatic N) is 2.